The van der Waals surface area contributed by atoms with Crippen molar-refractivity contribution in [2.75, 3.05) is 13.1 Å². The number of rotatable bonds is 4. The number of aromatic nitrogens is 2. The van der Waals surface area contributed by atoms with Crippen LogP contribution in [0.4, 0.5) is 4.39 Å². The summed E-state index contributed by atoms with van der Waals surface area (Å²) >= 11 is 0. The van der Waals surface area contributed by atoms with Crippen LogP contribution in [0.15, 0.2) is 54.8 Å². The molecule has 0 N–H and O–H groups in total. The Hall–Kier alpha value is -2.72. The Labute approximate surface area is 177 Å². The number of imidazole rings is 1. The standard InChI is InChI=1S/C26H28FN3/c1-19-10-12-22(23(27)16-19)26-24(18-29-14-6-3-7-15-29)30-17-21(11-13-25(30)28-26)20-8-4-2-5-9-20/h4,8-13,16-17H,2-3,5-7,14-15,18H2,1H3. The highest BCUT2D eigenvalue weighted by Gasteiger charge is 2.21. The highest BCUT2D eigenvalue weighted by Crippen LogP contribution is 2.31. The molecule has 0 bridgehead atoms. The number of likely N-dealkylation sites (tertiary alicyclic amines) is 1. The number of allylic oxidation sites excluding steroid dienone is 4. The normalized spacial score (nSPS) is 17.5. The predicted molar refractivity (Wildman–Crippen MR) is 121 cm³/mol. The molecule has 0 unspecified atom stereocenters. The van der Waals surface area contributed by atoms with Gasteiger partial charge in [-0.05, 0) is 86.7 Å². The van der Waals surface area contributed by atoms with E-state index in [1.165, 1.54) is 30.4 Å². The van der Waals surface area contributed by atoms with Crippen LogP contribution in [0.25, 0.3) is 22.5 Å². The van der Waals surface area contributed by atoms with E-state index < -0.39 is 0 Å². The van der Waals surface area contributed by atoms with Crippen LogP contribution >= 0.6 is 0 Å². The zero-order valence-electron chi connectivity index (χ0n) is 17.6. The largest absolute Gasteiger partial charge is 0.301 e. The monoisotopic (exact) mass is 401 g/mol. The number of fused-ring (bicyclic) bond motifs is 1. The number of benzene rings is 1. The Bertz CT molecular complexity index is 1130. The molecule has 4 heteroatoms. The van der Waals surface area contributed by atoms with Gasteiger partial charge in [-0.2, -0.15) is 0 Å². The molecule has 1 aromatic carbocycles. The van der Waals surface area contributed by atoms with Crippen LogP contribution in [-0.2, 0) is 6.54 Å². The molecule has 2 aromatic heterocycles. The van der Waals surface area contributed by atoms with Crippen molar-refractivity contribution in [3.63, 3.8) is 0 Å². The molecule has 3 aromatic rings. The van der Waals surface area contributed by atoms with Gasteiger partial charge in [0.15, 0.2) is 0 Å². The van der Waals surface area contributed by atoms with Crippen LogP contribution < -0.4 is 0 Å². The summed E-state index contributed by atoms with van der Waals surface area (Å²) in [7, 11) is 0. The maximum Gasteiger partial charge on any atom is 0.137 e. The van der Waals surface area contributed by atoms with Gasteiger partial charge >= 0.3 is 0 Å². The Morgan fingerprint density at radius 2 is 1.90 bits per heavy atom. The highest BCUT2D eigenvalue weighted by atomic mass is 19.1. The van der Waals surface area contributed by atoms with Crippen molar-refractivity contribution in [2.45, 2.75) is 45.6 Å². The first-order chi connectivity index (χ1) is 14.7. The van der Waals surface area contributed by atoms with Gasteiger partial charge in [0.05, 0.1) is 11.4 Å². The van der Waals surface area contributed by atoms with Crippen molar-refractivity contribution in [1.29, 1.82) is 0 Å². The summed E-state index contributed by atoms with van der Waals surface area (Å²) in [4.78, 5) is 7.37. The summed E-state index contributed by atoms with van der Waals surface area (Å²) in [5.41, 5.74) is 6.68. The van der Waals surface area contributed by atoms with E-state index in [0.717, 1.165) is 55.1 Å². The zero-order chi connectivity index (χ0) is 20.5. The van der Waals surface area contributed by atoms with Gasteiger partial charge in [-0.25, -0.2) is 9.37 Å². The van der Waals surface area contributed by atoms with Gasteiger partial charge in [-0.15, -0.1) is 0 Å². The van der Waals surface area contributed by atoms with E-state index in [-0.39, 0.29) is 5.82 Å². The molecule has 2 aliphatic rings. The minimum atomic E-state index is -0.198. The number of aryl methyl sites for hydroxylation is 1. The Morgan fingerprint density at radius 3 is 2.67 bits per heavy atom. The Balaban J connectivity index is 1.65. The summed E-state index contributed by atoms with van der Waals surface area (Å²) < 4.78 is 17.1. The fourth-order valence-electron chi connectivity index (χ4n) is 4.60. The first-order valence-electron chi connectivity index (χ1n) is 11.1. The molecule has 0 amide bonds. The first-order valence-corrected chi connectivity index (χ1v) is 11.1. The average Bonchev–Trinajstić information content (AvgIpc) is 3.12. The van der Waals surface area contributed by atoms with Crippen molar-refractivity contribution in [3.05, 3.63) is 77.4 Å². The molecule has 5 rings (SSSR count). The third-order valence-corrected chi connectivity index (χ3v) is 6.25. The summed E-state index contributed by atoms with van der Waals surface area (Å²) in [5.74, 6) is -0.198. The number of piperidine rings is 1. The molecular weight excluding hydrogens is 373 g/mol. The second-order valence-corrected chi connectivity index (χ2v) is 8.51. The van der Waals surface area contributed by atoms with E-state index in [1.54, 1.807) is 6.07 Å². The lowest BCUT2D eigenvalue weighted by Crippen LogP contribution is -2.29. The van der Waals surface area contributed by atoms with E-state index >= 15 is 0 Å². The van der Waals surface area contributed by atoms with Crippen molar-refractivity contribution in [3.8, 4) is 11.3 Å². The van der Waals surface area contributed by atoms with Crippen molar-refractivity contribution in [1.82, 2.24) is 14.3 Å². The van der Waals surface area contributed by atoms with Crippen LogP contribution in [0, 0.1) is 12.7 Å². The smallest absolute Gasteiger partial charge is 0.137 e. The van der Waals surface area contributed by atoms with Crippen molar-refractivity contribution in [2.24, 2.45) is 0 Å². The molecule has 1 aliphatic carbocycles. The Morgan fingerprint density at radius 1 is 1.03 bits per heavy atom. The number of pyridine rings is 1. The Kier molecular flexibility index (Phi) is 5.26. The van der Waals surface area contributed by atoms with Crippen LogP contribution in [0.5, 0.6) is 0 Å². The lowest BCUT2D eigenvalue weighted by atomic mass is 10.0. The molecule has 1 fully saturated rings. The van der Waals surface area contributed by atoms with E-state index in [9.17, 15) is 4.39 Å². The molecule has 3 heterocycles. The molecule has 0 atom stereocenters. The third-order valence-electron chi connectivity index (χ3n) is 6.25. The topological polar surface area (TPSA) is 20.5 Å². The summed E-state index contributed by atoms with van der Waals surface area (Å²) in [6.45, 7) is 4.90. The highest BCUT2D eigenvalue weighted by molar-refractivity contribution is 5.76. The minimum absolute atomic E-state index is 0.198. The SMILES string of the molecule is Cc1ccc(-c2nc3ccc(C4=CCCC=C4)cn3c2CN2CCCCC2)c(F)c1. The molecule has 0 saturated carbocycles. The summed E-state index contributed by atoms with van der Waals surface area (Å²) in [6.07, 6.45) is 14.8. The van der Waals surface area contributed by atoms with Crippen molar-refractivity contribution >= 4 is 11.2 Å². The van der Waals surface area contributed by atoms with Gasteiger partial charge in [-0.3, -0.25) is 4.90 Å². The van der Waals surface area contributed by atoms with Gasteiger partial charge < -0.3 is 4.40 Å². The predicted octanol–water partition coefficient (Wildman–Crippen LogP) is 6.17. The maximum atomic E-state index is 14.9. The number of hydrogen-bond donors (Lipinski definition) is 0. The van der Waals surface area contributed by atoms with E-state index in [1.807, 2.05) is 19.1 Å². The van der Waals surface area contributed by atoms with E-state index in [4.69, 9.17) is 4.98 Å². The number of hydrogen-bond acceptors (Lipinski definition) is 2. The fraction of sp³-hybridized carbons (Fsp3) is 0.346. The van der Waals surface area contributed by atoms with E-state index in [2.05, 4.69) is 45.9 Å². The zero-order valence-corrected chi connectivity index (χ0v) is 17.6. The maximum absolute atomic E-state index is 14.9. The van der Waals surface area contributed by atoms with E-state index in [0.29, 0.717) is 5.56 Å². The second-order valence-electron chi connectivity index (χ2n) is 8.51. The molecule has 3 nitrogen and oxygen atoms in total. The van der Waals surface area contributed by atoms with Crippen LogP contribution in [0.1, 0.15) is 48.9 Å². The second kappa shape index (κ2) is 8.19. The number of halogens is 1. The number of nitrogens with zero attached hydrogens (tertiary/aromatic N) is 3. The van der Waals surface area contributed by atoms with Gasteiger partial charge in [-0.1, -0.05) is 30.7 Å². The van der Waals surface area contributed by atoms with Gasteiger partial charge in [0, 0.05) is 18.3 Å². The average molecular weight is 402 g/mol. The molecule has 1 aliphatic heterocycles. The summed E-state index contributed by atoms with van der Waals surface area (Å²) in [6, 6.07) is 9.64. The molecule has 154 valence electrons. The lowest BCUT2D eigenvalue weighted by Gasteiger charge is -2.26. The quantitative estimate of drug-likeness (QED) is 0.521. The molecule has 0 radical (unpaired) electrons. The van der Waals surface area contributed by atoms with Crippen LogP contribution in [-0.4, -0.2) is 27.4 Å². The molecular formula is C26H28FN3. The first kappa shape index (κ1) is 19.3. The van der Waals surface area contributed by atoms with Crippen LogP contribution in [0.3, 0.4) is 0 Å². The summed E-state index contributed by atoms with van der Waals surface area (Å²) in [5, 5.41) is 0. The van der Waals surface area contributed by atoms with Crippen LogP contribution in [0.2, 0.25) is 0 Å². The third kappa shape index (κ3) is 3.72. The lowest BCUT2D eigenvalue weighted by molar-refractivity contribution is 0.218. The van der Waals surface area contributed by atoms with Gasteiger partial charge in [0.25, 0.3) is 0 Å². The minimum Gasteiger partial charge on any atom is -0.301 e. The fourth-order valence-corrected chi connectivity index (χ4v) is 4.60. The van der Waals surface area contributed by atoms with Gasteiger partial charge in [0.2, 0.25) is 0 Å². The molecule has 1 saturated heterocycles. The molecule has 0 spiro atoms. The molecule has 30 heavy (non-hydrogen) atoms. The van der Waals surface area contributed by atoms with Gasteiger partial charge in [0.1, 0.15) is 11.5 Å². The van der Waals surface area contributed by atoms with Crippen molar-refractivity contribution < 1.29 is 4.39 Å².